The number of aliphatic carboxylic acids is 1. The van der Waals surface area contributed by atoms with Crippen LogP contribution in [0.3, 0.4) is 0 Å². The van der Waals surface area contributed by atoms with Gasteiger partial charge in [-0.05, 0) is 52.3 Å². The van der Waals surface area contributed by atoms with E-state index in [2.05, 4.69) is 21.2 Å². The summed E-state index contributed by atoms with van der Waals surface area (Å²) in [5.41, 5.74) is 0.399. The summed E-state index contributed by atoms with van der Waals surface area (Å²) in [5.74, 6) is -2.18. The van der Waals surface area contributed by atoms with E-state index < -0.39 is 17.8 Å². The van der Waals surface area contributed by atoms with E-state index in [-0.39, 0.29) is 11.3 Å². The third kappa shape index (κ3) is 3.65. The molecule has 0 amide bonds. The summed E-state index contributed by atoms with van der Waals surface area (Å²) in [7, 11) is 0. The lowest BCUT2D eigenvalue weighted by Gasteiger charge is -2.17. The third-order valence-electron chi connectivity index (χ3n) is 2.78. The summed E-state index contributed by atoms with van der Waals surface area (Å²) < 4.78 is 13.9. The molecular weight excluding hydrogens is 365 g/mol. The smallest absolute Gasteiger partial charge is 0.330 e. The summed E-state index contributed by atoms with van der Waals surface area (Å²) >= 11 is 9.09. The monoisotopic (exact) mass is 373 g/mol. The molecule has 2 aromatic carbocycles. The first-order valence-electron chi connectivity index (χ1n) is 5.81. The maximum absolute atomic E-state index is 13.3. The molecule has 1 unspecified atom stereocenters. The lowest BCUT2D eigenvalue weighted by Crippen LogP contribution is -2.20. The Morgan fingerprint density at radius 2 is 2.00 bits per heavy atom. The number of nitrogens with one attached hydrogen (secondary N) is 1. The minimum absolute atomic E-state index is 0.0615. The molecule has 0 saturated carbocycles. The van der Waals surface area contributed by atoms with Crippen LogP contribution in [-0.4, -0.2) is 16.2 Å². The minimum Gasteiger partial charge on any atom is -0.508 e. The van der Waals surface area contributed by atoms with E-state index in [0.29, 0.717) is 15.2 Å². The number of aromatic hydroxyl groups is 1. The van der Waals surface area contributed by atoms with Crippen LogP contribution < -0.4 is 5.32 Å². The van der Waals surface area contributed by atoms with Crippen molar-refractivity contribution in [3.8, 4) is 5.75 Å². The Morgan fingerprint density at radius 3 is 2.62 bits per heavy atom. The molecule has 4 nitrogen and oxygen atoms in total. The second kappa shape index (κ2) is 6.32. The zero-order valence-corrected chi connectivity index (χ0v) is 12.8. The zero-order valence-electron chi connectivity index (χ0n) is 10.5. The quantitative estimate of drug-likeness (QED) is 0.751. The highest BCUT2D eigenvalue weighted by Gasteiger charge is 2.23. The zero-order chi connectivity index (χ0) is 15.6. The molecule has 2 aromatic rings. The Bertz CT molecular complexity index is 696. The Morgan fingerprint density at radius 1 is 1.29 bits per heavy atom. The van der Waals surface area contributed by atoms with E-state index >= 15 is 0 Å². The van der Waals surface area contributed by atoms with Crippen LogP contribution in [-0.2, 0) is 4.79 Å². The molecule has 1 atom stereocenters. The number of phenols is 1. The van der Waals surface area contributed by atoms with Crippen LogP contribution >= 0.6 is 27.5 Å². The van der Waals surface area contributed by atoms with Gasteiger partial charge >= 0.3 is 5.97 Å². The van der Waals surface area contributed by atoms with Gasteiger partial charge in [0.05, 0.1) is 5.02 Å². The fraction of sp³-hybridized carbons (Fsp3) is 0.0714. The second-order valence-corrected chi connectivity index (χ2v) is 5.51. The van der Waals surface area contributed by atoms with Gasteiger partial charge in [0, 0.05) is 15.7 Å². The number of anilines is 1. The molecule has 0 saturated heterocycles. The number of carboxylic acid groups (broad SMARTS) is 1. The molecule has 7 heteroatoms. The van der Waals surface area contributed by atoms with Crippen molar-refractivity contribution in [3.05, 3.63) is 57.3 Å². The molecule has 110 valence electrons. The molecule has 21 heavy (non-hydrogen) atoms. The number of carboxylic acids is 1. The van der Waals surface area contributed by atoms with Crippen LogP contribution in [0.4, 0.5) is 10.1 Å². The van der Waals surface area contributed by atoms with Crippen LogP contribution in [0.1, 0.15) is 11.6 Å². The van der Waals surface area contributed by atoms with Crippen molar-refractivity contribution in [1.29, 1.82) is 0 Å². The number of hydrogen-bond donors (Lipinski definition) is 3. The van der Waals surface area contributed by atoms with Crippen molar-refractivity contribution >= 4 is 39.2 Å². The lowest BCUT2D eigenvalue weighted by atomic mass is 10.1. The number of halogens is 3. The van der Waals surface area contributed by atoms with E-state index in [1.807, 2.05) is 0 Å². The molecule has 2 rings (SSSR count). The van der Waals surface area contributed by atoms with Gasteiger partial charge in [-0.3, -0.25) is 0 Å². The topological polar surface area (TPSA) is 69.6 Å². The first-order valence-corrected chi connectivity index (χ1v) is 6.98. The van der Waals surface area contributed by atoms with E-state index in [9.17, 15) is 19.4 Å². The summed E-state index contributed by atoms with van der Waals surface area (Å²) in [5, 5.41) is 22.2. The van der Waals surface area contributed by atoms with Crippen molar-refractivity contribution in [2.24, 2.45) is 0 Å². The van der Waals surface area contributed by atoms with E-state index in [1.54, 1.807) is 18.2 Å². The van der Waals surface area contributed by atoms with E-state index in [4.69, 9.17) is 11.6 Å². The molecule has 3 N–H and O–H groups in total. The molecule has 0 bridgehead atoms. The van der Waals surface area contributed by atoms with Crippen molar-refractivity contribution in [2.45, 2.75) is 6.04 Å². The average molecular weight is 375 g/mol. The Labute approximate surface area is 133 Å². The summed E-state index contributed by atoms with van der Waals surface area (Å²) in [6.45, 7) is 0. The molecule has 0 aliphatic heterocycles. The SMILES string of the molecule is O=C(O)C(Nc1ccc(Cl)c(Br)c1)c1cc(F)ccc1O. The highest BCUT2D eigenvalue weighted by atomic mass is 79.9. The molecule has 0 aliphatic rings. The predicted molar refractivity (Wildman–Crippen MR) is 81.2 cm³/mol. The second-order valence-electron chi connectivity index (χ2n) is 4.25. The van der Waals surface area contributed by atoms with Gasteiger partial charge in [0.25, 0.3) is 0 Å². The maximum atomic E-state index is 13.3. The highest BCUT2D eigenvalue weighted by Crippen LogP contribution is 2.31. The number of rotatable bonds is 4. The Hall–Kier alpha value is -1.79. The standard InChI is InChI=1S/C14H10BrClFNO3/c15-10-6-8(2-3-11(10)16)18-13(14(20)21)9-5-7(17)1-4-12(9)19/h1-6,13,18-19H,(H,20,21). The van der Waals surface area contributed by atoms with Gasteiger partial charge < -0.3 is 15.5 Å². The largest absolute Gasteiger partial charge is 0.508 e. The molecule has 0 aromatic heterocycles. The highest BCUT2D eigenvalue weighted by molar-refractivity contribution is 9.10. The van der Waals surface area contributed by atoms with Crippen molar-refractivity contribution < 1.29 is 19.4 Å². The first-order chi connectivity index (χ1) is 9.88. The van der Waals surface area contributed by atoms with E-state index in [1.165, 1.54) is 0 Å². The van der Waals surface area contributed by atoms with Gasteiger partial charge in [-0.1, -0.05) is 11.6 Å². The van der Waals surface area contributed by atoms with Crippen LogP contribution in [0.15, 0.2) is 40.9 Å². The van der Waals surface area contributed by atoms with Gasteiger partial charge in [0.2, 0.25) is 0 Å². The fourth-order valence-electron chi connectivity index (χ4n) is 1.78. The van der Waals surface area contributed by atoms with Gasteiger partial charge in [0.15, 0.2) is 6.04 Å². The molecule has 0 radical (unpaired) electrons. The van der Waals surface area contributed by atoms with Crippen molar-refractivity contribution in [3.63, 3.8) is 0 Å². The third-order valence-corrected chi connectivity index (χ3v) is 3.99. The normalized spacial score (nSPS) is 12.0. The van der Waals surface area contributed by atoms with Crippen LogP contribution in [0.25, 0.3) is 0 Å². The number of hydrogen-bond acceptors (Lipinski definition) is 3. The summed E-state index contributed by atoms with van der Waals surface area (Å²) in [4.78, 5) is 11.4. The van der Waals surface area contributed by atoms with Gasteiger partial charge in [-0.15, -0.1) is 0 Å². The fourth-order valence-corrected chi connectivity index (χ4v) is 2.28. The lowest BCUT2D eigenvalue weighted by molar-refractivity contribution is -0.138. The summed E-state index contributed by atoms with van der Waals surface area (Å²) in [6, 6.07) is 6.60. The molecular formula is C14H10BrClFNO3. The number of benzene rings is 2. The summed E-state index contributed by atoms with van der Waals surface area (Å²) in [6.07, 6.45) is 0. The minimum atomic E-state index is -1.30. The molecule has 0 aliphatic carbocycles. The van der Waals surface area contributed by atoms with Crippen LogP contribution in [0.2, 0.25) is 5.02 Å². The van der Waals surface area contributed by atoms with Gasteiger partial charge in [0.1, 0.15) is 11.6 Å². The molecule has 0 spiro atoms. The van der Waals surface area contributed by atoms with Gasteiger partial charge in [-0.25, -0.2) is 9.18 Å². The molecule has 0 heterocycles. The van der Waals surface area contributed by atoms with Crippen LogP contribution in [0, 0.1) is 5.82 Å². The number of phenolic OH excluding ortho intramolecular Hbond substituents is 1. The predicted octanol–water partition coefficient (Wildman–Crippen LogP) is 4.19. The van der Waals surface area contributed by atoms with Gasteiger partial charge in [-0.2, -0.15) is 0 Å². The average Bonchev–Trinajstić information content (AvgIpc) is 2.42. The van der Waals surface area contributed by atoms with Crippen LogP contribution in [0.5, 0.6) is 5.75 Å². The molecule has 0 fully saturated rings. The Balaban J connectivity index is 2.37. The van der Waals surface area contributed by atoms with E-state index in [0.717, 1.165) is 18.2 Å². The Kier molecular flexibility index (Phi) is 4.69. The van der Waals surface area contributed by atoms with Crippen molar-refractivity contribution in [1.82, 2.24) is 0 Å². The van der Waals surface area contributed by atoms with Crippen molar-refractivity contribution in [2.75, 3.05) is 5.32 Å². The number of carbonyl (C=O) groups is 1. The maximum Gasteiger partial charge on any atom is 0.330 e. The first kappa shape index (κ1) is 15.6.